The Morgan fingerprint density at radius 1 is 1.53 bits per heavy atom. The van der Waals surface area contributed by atoms with Crippen LogP contribution in [0.3, 0.4) is 0 Å². The van der Waals surface area contributed by atoms with Gasteiger partial charge in [0, 0.05) is 34.8 Å². The van der Waals surface area contributed by atoms with Gasteiger partial charge in [-0.1, -0.05) is 11.6 Å². The predicted molar refractivity (Wildman–Crippen MR) is 78.8 cm³/mol. The average molecular weight is 318 g/mol. The Morgan fingerprint density at radius 2 is 2.35 bits per heavy atom. The van der Waals surface area contributed by atoms with Gasteiger partial charge in [-0.25, -0.2) is 0 Å². The second-order valence-corrected chi connectivity index (χ2v) is 5.90. The van der Waals surface area contributed by atoms with Gasteiger partial charge >= 0.3 is 0 Å². The van der Waals surface area contributed by atoms with Gasteiger partial charge in [-0.15, -0.1) is 11.3 Å². The van der Waals surface area contributed by atoms with Crippen LogP contribution in [0, 0.1) is 0 Å². The fraction of sp³-hybridized carbons (Fsp3) is 0.538. The summed E-state index contributed by atoms with van der Waals surface area (Å²) in [4.78, 5) is 1.41. The zero-order valence-corrected chi connectivity index (χ0v) is 12.9. The van der Waals surface area contributed by atoms with Crippen LogP contribution in [0.4, 0.5) is 0 Å². The van der Waals surface area contributed by atoms with Crippen molar-refractivity contribution in [1.29, 1.82) is 0 Å². The quantitative estimate of drug-likeness (QED) is 0.584. The van der Waals surface area contributed by atoms with Crippen LogP contribution >= 0.6 is 27.3 Å². The van der Waals surface area contributed by atoms with Crippen molar-refractivity contribution in [1.82, 2.24) is 5.32 Å². The van der Waals surface area contributed by atoms with Gasteiger partial charge in [0.25, 0.3) is 0 Å². The van der Waals surface area contributed by atoms with Crippen LogP contribution in [0.15, 0.2) is 27.6 Å². The molecule has 1 N–H and O–H groups in total. The SMILES string of the molecule is COCCNCCC=C(C)Cc1cc(Br)cs1. The second-order valence-electron chi connectivity index (χ2n) is 3.99. The number of nitrogens with one attached hydrogen (secondary N) is 1. The fourth-order valence-corrected chi connectivity index (χ4v) is 3.06. The lowest BCUT2D eigenvalue weighted by atomic mass is 10.1. The van der Waals surface area contributed by atoms with Gasteiger partial charge in [0.05, 0.1) is 6.61 Å². The van der Waals surface area contributed by atoms with Gasteiger partial charge in [-0.2, -0.15) is 0 Å². The Hall–Kier alpha value is -0.160. The monoisotopic (exact) mass is 317 g/mol. The predicted octanol–water partition coefficient (Wildman–Crippen LogP) is 3.63. The van der Waals surface area contributed by atoms with Crippen molar-refractivity contribution in [3.63, 3.8) is 0 Å². The first kappa shape index (κ1) is 14.9. The highest BCUT2D eigenvalue weighted by molar-refractivity contribution is 9.10. The van der Waals surface area contributed by atoms with Crippen molar-refractivity contribution in [2.45, 2.75) is 19.8 Å². The zero-order valence-electron chi connectivity index (χ0n) is 10.5. The molecule has 17 heavy (non-hydrogen) atoms. The van der Waals surface area contributed by atoms with Crippen molar-refractivity contribution >= 4 is 27.3 Å². The second kappa shape index (κ2) is 8.86. The molecule has 0 aromatic carbocycles. The van der Waals surface area contributed by atoms with E-state index < -0.39 is 0 Å². The first-order chi connectivity index (χ1) is 8.22. The lowest BCUT2D eigenvalue weighted by Crippen LogP contribution is -2.19. The lowest BCUT2D eigenvalue weighted by Gasteiger charge is -2.02. The summed E-state index contributed by atoms with van der Waals surface area (Å²) in [6.07, 6.45) is 4.46. The van der Waals surface area contributed by atoms with E-state index in [4.69, 9.17) is 4.74 Å². The molecule has 0 fully saturated rings. The molecular weight excluding hydrogens is 298 g/mol. The molecule has 1 aromatic rings. The van der Waals surface area contributed by atoms with E-state index in [1.807, 2.05) is 11.3 Å². The van der Waals surface area contributed by atoms with E-state index in [-0.39, 0.29) is 0 Å². The molecule has 0 bridgehead atoms. The van der Waals surface area contributed by atoms with Crippen molar-refractivity contribution < 1.29 is 4.74 Å². The lowest BCUT2D eigenvalue weighted by molar-refractivity contribution is 0.199. The highest BCUT2D eigenvalue weighted by Gasteiger charge is 1.98. The van der Waals surface area contributed by atoms with Gasteiger partial charge in [0.2, 0.25) is 0 Å². The maximum Gasteiger partial charge on any atom is 0.0587 e. The number of hydrogen-bond acceptors (Lipinski definition) is 3. The highest BCUT2D eigenvalue weighted by Crippen LogP contribution is 2.22. The molecule has 1 rings (SSSR count). The summed E-state index contributed by atoms with van der Waals surface area (Å²) in [7, 11) is 1.73. The molecule has 0 radical (unpaired) electrons. The van der Waals surface area contributed by atoms with E-state index in [1.54, 1.807) is 7.11 Å². The Labute approximate surface area is 116 Å². The van der Waals surface area contributed by atoms with Crippen LogP contribution in [-0.2, 0) is 11.2 Å². The molecule has 0 atom stereocenters. The number of methoxy groups -OCH3 is 1. The molecular formula is C13H20BrNOS. The van der Waals surface area contributed by atoms with Crippen LogP contribution < -0.4 is 5.32 Å². The molecule has 2 nitrogen and oxygen atoms in total. The van der Waals surface area contributed by atoms with E-state index >= 15 is 0 Å². The van der Waals surface area contributed by atoms with Crippen molar-refractivity contribution in [2.24, 2.45) is 0 Å². The third kappa shape index (κ3) is 6.99. The third-order valence-electron chi connectivity index (χ3n) is 2.37. The first-order valence-electron chi connectivity index (χ1n) is 5.80. The Balaban J connectivity index is 2.16. The van der Waals surface area contributed by atoms with Gasteiger partial charge in [0.1, 0.15) is 0 Å². The molecule has 0 saturated heterocycles. The molecule has 0 aliphatic carbocycles. The van der Waals surface area contributed by atoms with E-state index in [9.17, 15) is 0 Å². The summed E-state index contributed by atoms with van der Waals surface area (Å²) in [5, 5.41) is 5.47. The van der Waals surface area contributed by atoms with Crippen LogP contribution in [-0.4, -0.2) is 26.8 Å². The summed E-state index contributed by atoms with van der Waals surface area (Å²) in [5.74, 6) is 0. The van der Waals surface area contributed by atoms with Gasteiger partial charge in [0.15, 0.2) is 0 Å². The molecule has 96 valence electrons. The normalized spacial score (nSPS) is 12.1. The van der Waals surface area contributed by atoms with E-state index in [1.165, 1.54) is 14.9 Å². The molecule has 0 aliphatic rings. The molecule has 0 aliphatic heterocycles. The molecule has 0 saturated carbocycles. The number of hydrogen-bond donors (Lipinski definition) is 1. The number of rotatable bonds is 8. The zero-order chi connectivity index (χ0) is 12.5. The Bertz CT molecular complexity index is 349. The fourth-order valence-electron chi connectivity index (χ4n) is 1.51. The molecule has 1 heterocycles. The maximum atomic E-state index is 4.97. The number of halogens is 1. The number of allylic oxidation sites excluding steroid dienone is 1. The largest absolute Gasteiger partial charge is 0.383 e. The maximum absolute atomic E-state index is 4.97. The van der Waals surface area contributed by atoms with Crippen LogP contribution in [0.5, 0.6) is 0 Å². The minimum Gasteiger partial charge on any atom is -0.383 e. The minimum absolute atomic E-state index is 0.784. The van der Waals surface area contributed by atoms with E-state index in [2.05, 4.69) is 45.7 Å². The van der Waals surface area contributed by atoms with Crippen LogP contribution in [0.25, 0.3) is 0 Å². The van der Waals surface area contributed by atoms with E-state index in [0.717, 1.165) is 32.5 Å². The summed E-state index contributed by atoms with van der Waals surface area (Å²) in [5.41, 5.74) is 1.44. The number of thiophene rings is 1. The van der Waals surface area contributed by atoms with E-state index in [0.29, 0.717) is 0 Å². The molecule has 1 aromatic heterocycles. The van der Waals surface area contributed by atoms with Crippen LogP contribution in [0.1, 0.15) is 18.2 Å². The standard InChI is InChI=1S/C13H20BrNOS/c1-11(4-3-5-15-6-7-16-2)8-13-9-12(14)10-17-13/h4,9-10,15H,3,5-8H2,1-2H3. The summed E-state index contributed by atoms with van der Waals surface area (Å²) >= 11 is 5.29. The summed E-state index contributed by atoms with van der Waals surface area (Å²) in [6.45, 7) is 4.94. The molecule has 0 unspecified atom stereocenters. The van der Waals surface area contributed by atoms with Gasteiger partial charge < -0.3 is 10.1 Å². The first-order valence-corrected chi connectivity index (χ1v) is 7.48. The number of ether oxygens (including phenoxy) is 1. The van der Waals surface area contributed by atoms with Crippen LogP contribution in [0.2, 0.25) is 0 Å². The third-order valence-corrected chi connectivity index (χ3v) is 4.07. The topological polar surface area (TPSA) is 21.3 Å². The van der Waals surface area contributed by atoms with Crippen molar-refractivity contribution in [3.05, 3.63) is 32.4 Å². The van der Waals surface area contributed by atoms with Crippen molar-refractivity contribution in [3.8, 4) is 0 Å². The van der Waals surface area contributed by atoms with Gasteiger partial charge in [-0.05, 0) is 41.9 Å². The summed E-state index contributed by atoms with van der Waals surface area (Å²) in [6, 6.07) is 2.19. The highest BCUT2D eigenvalue weighted by atomic mass is 79.9. The smallest absolute Gasteiger partial charge is 0.0587 e. The van der Waals surface area contributed by atoms with Crippen molar-refractivity contribution in [2.75, 3.05) is 26.8 Å². The summed E-state index contributed by atoms with van der Waals surface area (Å²) < 4.78 is 6.16. The Morgan fingerprint density at radius 3 is 3.00 bits per heavy atom. The molecule has 4 heteroatoms. The molecule has 0 spiro atoms. The Kier molecular flexibility index (Phi) is 7.77. The minimum atomic E-state index is 0.784. The average Bonchev–Trinajstić information content (AvgIpc) is 2.69. The molecule has 0 amide bonds. The van der Waals surface area contributed by atoms with Gasteiger partial charge in [-0.3, -0.25) is 0 Å².